The van der Waals surface area contributed by atoms with Crippen molar-refractivity contribution < 1.29 is 9.84 Å². The molecule has 4 nitrogen and oxygen atoms in total. The summed E-state index contributed by atoms with van der Waals surface area (Å²) >= 11 is 0. The molecule has 3 N–H and O–H groups in total. The van der Waals surface area contributed by atoms with Crippen LogP contribution in [0.1, 0.15) is 39.0 Å². The van der Waals surface area contributed by atoms with Gasteiger partial charge in [-0.3, -0.25) is 0 Å². The summed E-state index contributed by atoms with van der Waals surface area (Å²) in [5.41, 5.74) is 0. The zero-order chi connectivity index (χ0) is 12.8. The summed E-state index contributed by atoms with van der Waals surface area (Å²) < 4.78 is 5.48. The van der Waals surface area contributed by atoms with Crippen molar-refractivity contribution in [1.82, 2.24) is 10.6 Å². The maximum Gasteiger partial charge on any atom is 0.0620 e. The summed E-state index contributed by atoms with van der Waals surface area (Å²) in [6.45, 7) is 5.22. The number of aliphatic hydroxyl groups excluding tert-OH is 1. The van der Waals surface area contributed by atoms with Gasteiger partial charge in [-0.2, -0.15) is 0 Å². The fraction of sp³-hybridized carbons (Fsp3) is 1.00. The van der Waals surface area contributed by atoms with Gasteiger partial charge >= 0.3 is 0 Å². The van der Waals surface area contributed by atoms with Crippen LogP contribution in [0.5, 0.6) is 0 Å². The Morgan fingerprint density at radius 1 is 1.39 bits per heavy atom. The average Bonchev–Trinajstić information content (AvgIpc) is 2.40. The number of nitrogens with one attached hydrogen (secondary N) is 2. The Bertz CT molecular complexity index is 232. The van der Waals surface area contributed by atoms with E-state index in [2.05, 4.69) is 17.6 Å². The molecular formula is C14H28N2O2. The molecule has 4 atom stereocenters. The van der Waals surface area contributed by atoms with Crippen LogP contribution < -0.4 is 10.6 Å². The molecular weight excluding hydrogens is 228 g/mol. The SMILES string of the molecule is CC(CC1COCCN1)NC1CCCCC1CO. The van der Waals surface area contributed by atoms with Crippen molar-refractivity contribution in [3.63, 3.8) is 0 Å². The molecule has 0 radical (unpaired) electrons. The first-order valence-electron chi connectivity index (χ1n) is 7.47. The van der Waals surface area contributed by atoms with Crippen LogP contribution in [0.3, 0.4) is 0 Å². The molecule has 1 saturated carbocycles. The Balaban J connectivity index is 1.73. The highest BCUT2D eigenvalue weighted by Gasteiger charge is 2.26. The van der Waals surface area contributed by atoms with Gasteiger partial charge < -0.3 is 20.5 Å². The molecule has 0 aromatic carbocycles. The van der Waals surface area contributed by atoms with Crippen molar-refractivity contribution in [2.24, 2.45) is 5.92 Å². The second-order valence-electron chi connectivity index (χ2n) is 5.86. The molecule has 18 heavy (non-hydrogen) atoms. The number of hydrogen-bond acceptors (Lipinski definition) is 4. The predicted molar refractivity (Wildman–Crippen MR) is 72.7 cm³/mol. The highest BCUT2D eigenvalue weighted by molar-refractivity contribution is 4.84. The third-order valence-corrected chi connectivity index (χ3v) is 4.28. The standard InChI is InChI=1S/C14H28N2O2/c1-11(8-13-10-18-7-6-15-13)16-14-5-3-2-4-12(14)9-17/h11-17H,2-10H2,1H3. The molecule has 2 fully saturated rings. The van der Waals surface area contributed by atoms with Crippen molar-refractivity contribution in [1.29, 1.82) is 0 Å². The molecule has 0 amide bonds. The number of aliphatic hydroxyl groups is 1. The molecule has 2 rings (SSSR count). The lowest BCUT2D eigenvalue weighted by atomic mass is 9.84. The van der Waals surface area contributed by atoms with Crippen LogP contribution in [0, 0.1) is 5.92 Å². The van der Waals surface area contributed by atoms with Crippen LogP contribution in [0.2, 0.25) is 0 Å². The van der Waals surface area contributed by atoms with Crippen molar-refractivity contribution >= 4 is 0 Å². The molecule has 106 valence electrons. The normalized spacial score (nSPS) is 35.3. The quantitative estimate of drug-likeness (QED) is 0.684. The summed E-state index contributed by atoms with van der Waals surface area (Å²) in [5, 5.41) is 16.6. The zero-order valence-electron chi connectivity index (χ0n) is 11.5. The van der Waals surface area contributed by atoms with Gasteiger partial charge in [0, 0.05) is 31.3 Å². The van der Waals surface area contributed by atoms with Crippen LogP contribution >= 0.6 is 0 Å². The van der Waals surface area contributed by atoms with E-state index in [0.29, 0.717) is 30.7 Å². The van der Waals surface area contributed by atoms with E-state index in [1.807, 2.05) is 0 Å². The van der Waals surface area contributed by atoms with E-state index in [1.54, 1.807) is 0 Å². The zero-order valence-corrected chi connectivity index (χ0v) is 11.5. The van der Waals surface area contributed by atoms with Gasteiger partial charge in [0.15, 0.2) is 0 Å². The van der Waals surface area contributed by atoms with E-state index in [0.717, 1.165) is 26.2 Å². The number of rotatable bonds is 5. The van der Waals surface area contributed by atoms with E-state index in [-0.39, 0.29) is 0 Å². The third kappa shape index (κ3) is 4.19. The number of hydrogen-bond donors (Lipinski definition) is 3. The summed E-state index contributed by atoms with van der Waals surface area (Å²) in [6.07, 6.45) is 6.06. The van der Waals surface area contributed by atoms with E-state index in [4.69, 9.17) is 4.74 Å². The summed E-state index contributed by atoms with van der Waals surface area (Å²) in [7, 11) is 0. The summed E-state index contributed by atoms with van der Waals surface area (Å²) in [4.78, 5) is 0. The third-order valence-electron chi connectivity index (χ3n) is 4.28. The van der Waals surface area contributed by atoms with Crippen LogP contribution in [-0.2, 0) is 4.74 Å². The Kier molecular flexibility index (Phi) is 5.89. The predicted octanol–water partition coefficient (Wildman–Crippen LogP) is 0.894. The topological polar surface area (TPSA) is 53.5 Å². The minimum atomic E-state index is 0.329. The molecule has 2 aliphatic rings. The fourth-order valence-corrected chi connectivity index (χ4v) is 3.28. The molecule has 4 unspecified atom stereocenters. The average molecular weight is 256 g/mol. The monoisotopic (exact) mass is 256 g/mol. The van der Waals surface area contributed by atoms with Crippen molar-refractivity contribution in [2.75, 3.05) is 26.4 Å². The van der Waals surface area contributed by atoms with Gasteiger partial charge in [-0.1, -0.05) is 12.8 Å². The lowest BCUT2D eigenvalue weighted by molar-refractivity contribution is 0.0689. The second kappa shape index (κ2) is 7.43. The van der Waals surface area contributed by atoms with Gasteiger partial charge in [0.05, 0.1) is 13.2 Å². The lowest BCUT2D eigenvalue weighted by Gasteiger charge is -2.35. The minimum absolute atomic E-state index is 0.329. The van der Waals surface area contributed by atoms with Gasteiger partial charge in [-0.25, -0.2) is 0 Å². The van der Waals surface area contributed by atoms with Crippen molar-refractivity contribution in [2.45, 2.75) is 57.2 Å². The second-order valence-corrected chi connectivity index (χ2v) is 5.86. The Morgan fingerprint density at radius 3 is 2.94 bits per heavy atom. The van der Waals surface area contributed by atoms with E-state index in [1.165, 1.54) is 25.7 Å². The molecule has 1 heterocycles. The highest BCUT2D eigenvalue weighted by atomic mass is 16.5. The molecule has 0 bridgehead atoms. The minimum Gasteiger partial charge on any atom is -0.396 e. The van der Waals surface area contributed by atoms with Crippen LogP contribution in [-0.4, -0.2) is 49.6 Å². The summed E-state index contributed by atoms with van der Waals surface area (Å²) in [5.74, 6) is 0.455. The molecule has 1 aliphatic heterocycles. The maximum absolute atomic E-state index is 9.42. The van der Waals surface area contributed by atoms with Crippen LogP contribution in [0.4, 0.5) is 0 Å². The molecule has 0 aromatic heterocycles. The first-order valence-corrected chi connectivity index (χ1v) is 7.47. The van der Waals surface area contributed by atoms with Crippen molar-refractivity contribution in [3.8, 4) is 0 Å². The summed E-state index contributed by atoms with van der Waals surface area (Å²) in [6, 6.07) is 1.47. The van der Waals surface area contributed by atoms with Crippen LogP contribution in [0.25, 0.3) is 0 Å². The molecule has 0 aromatic rings. The number of morpholine rings is 1. The van der Waals surface area contributed by atoms with E-state index < -0.39 is 0 Å². The van der Waals surface area contributed by atoms with Crippen LogP contribution in [0.15, 0.2) is 0 Å². The van der Waals surface area contributed by atoms with Gasteiger partial charge in [0.1, 0.15) is 0 Å². The fourth-order valence-electron chi connectivity index (χ4n) is 3.28. The Morgan fingerprint density at radius 2 is 2.22 bits per heavy atom. The highest BCUT2D eigenvalue weighted by Crippen LogP contribution is 2.24. The van der Waals surface area contributed by atoms with Gasteiger partial charge in [0.25, 0.3) is 0 Å². The smallest absolute Gasteiger partial charge is 0.0620 e. The molecule has 0 spiro atoms. The van der Waals surface area contributed by atoms with E-state index >= 15 is 0 Å². The first kappa shape index (κ1) is 14.3. The van der Waals surface area contributed by atoms with Gasteiger partial charge in [-0.05, 0) is 32.1 Å². The number of ether oxygens (including phenoxy) is 1. The van der Waals surface area contributed by atoms with Gasteiger partial charge in [0.2, 0.25) is 0 Å². The van der Waals surface area contributed by atoms with Gasteiger partial charge in [-0.15, -0.1) is 0 Å². The largest absolute Gasteiger partial charge is 0.396 e. The maximum atomic E-state index is 9.42. The van der Waals surface area contributed by atoms with E-state index in [9.17, 15) is 5.11 Å². The lowest BCUT2D eigenvalue weighted by Crippen LogP contribution is -2.49. The first-order chi connectivity index (χ1) is 8.79. The Hall–Kier alpha value is -0.160. The molecule has 4 heteroatoms. The Labute approximate surface area is 110 Å². The molecule has 1 saturated heterocycles. The van der Waals surface area contributed by atoms with Crippen molar-refractivity contribution in [3.05, 3.63) is 0 Å². The molecule has 1 aliphatic carbocycles.